The van der Waals surface area contributed by atoms with E-state index in [4.69, 9.17) is 11.6 Å². The molecule has 2 rings (SSSR count). The normalized spacial score (nSPS) is 11.2. The molecule has 0 aliphatic rings. The van der Waals surface area contributed by atoms with Crippen LogP contribution in [0.4, 0.5) is 5.69 Å². The number of carbonyl (C=O) groups excluding carboxylic acids is 1. The molecule has 2 aromatic rings. The Labute approximate surface area is 140 Å². The summed E-state index contributed by atoms with van der Waals surface area (Å²) < 4.78 is 26.1. The van der Waals surface area contributed by atoms with Gasteiger partial charge in [0.15, 0.2) is 0 Å². The molecule has 7 heteroatoms. The second-order valence-corrected chi connectivity index (χ2v) is 7.30. The fourth-order valence-electron chi connectivity index (χ4n) is 1.92. The zero-order chi connectivity index (χ0) is 16.7. The zero-order valence-corrected chi connectivity index (χ0v) is 13.9. The molecule has 122 valence electrons. The van der Waals surface area contributed by atoms with Crippen molar-refractivity contribution in [3.63, 3.8) is 0 Å². The van der Waals surface area contributed by atoms with Gasteiger partial charge in [0, 0.05) is 10.7 Å². The van der Waals surface area contributed by atoms with Crippen LogP contribution < -0.4 is 10.0 Å². The zero-order valence-electron chi connectivity index (χ0n) is 12.3. The van der Waals surface area contributed by atoms with Gasteiger partial charge in [-0.1, -0.05) is 48.0 Å². The number of aryl methyl sites for hydroxylation is 1. The Balaban J connectivity index is 1.80. The molecule has 0 heterocycles. The van der Waals surface area contributed by atoms with Crippen molar-refractivity contribution in [1.82, 2.24) is 4.72 Å². The maximum Gasteiger partial charge on any atom is 0.239 e. The summed E-state index contributed by atoms with van der Waals surface area (Å²) in [4.78, 5) is 11.8. The molecular weight excluding hydrogens is 336 g/mol. The first-order valence-corrected chi connectivity index (χ1v) is 9.04. The van der Waals surface area contributed by atoms with Gasteiger partial charge in [-0.2, -0.15) is 0 Å². The van der Waals surface area contributed by atoms with E-state index in [1.165, 1.54) is 0 Å². The molecule has 0 atom stereocenters. The number of benzene rings is 2. The largest absolute Gasteiger partial charge is 0.325 e. The number of amides is 1. The lowest BCUT2D eigenvalue weighted by molar-refractivity contribution is -0.115. The minimum Gasteiger partial charge on any atom is -0.325 e. The molecule has 0 aliphatic heterocycles. The monoisotopic (exact) mass is 352 g/mol. The standard InChI is InChI=1S/C16H17ClN2O3S/c17-14-7-4-8-15(11-14)19-16(20)12-18-23(21,22)10-9-13-5-2-1-3-6-13/h1-8,11,18H,9-10,12H2,(H,19,20). The Bertz CT molecular complexity index is 764. The number of halogens is 1. The molecule has 0 unspecified atom stereocenters. The summed E-state index contributed by atoms with van der Waals surface area (Å²) in [5, 5.41) is 3.07. The lowest BCUT2D eigenvalue weighted by Crippen LogP contribution is -2.34. The van der Waals surface area contributed by atoms with Gasteiger partial charge in [0.05, 0.1) is 12.3 Å². The van der Waals surface area contributed by atoms with Crippen LogP contribution in [0.15, 0.2) is 54.6 Å². The minimum absolute atomic E-state index is 0.0680. The highest BCUT2D eigenvalue weighted by Crippen LogP contribution is 2.14. The Morgan fingerprint density at radius 2 is 1.78 bits per heavy atom. The van der Waals surface area contributed by atoms with Crippen LogP contribution in [-0.2, 0) is 21.2 Å². The maximum atomic E-state index is 11.9. The average molecular weight is 353 g/mol. The van der Waals surface area contributed by atoms with E-state index in [2.05, 4.69) is 10.0 Å². The molecule has 5 nitrogen and oxygen atoms in total. The van der Waals surface area contributed by atoms with E-state index in [0.717, 1.165) is 5.56 Å². The summed E-state index contributed by atoms with van der Waals surface area (Å²) in [7, 11) is -3.51. The average Bonchev–Trinajstić information content (AvgIpc) is 2.52. The summed E-state index contributed by atoms with van der Waals surface area (Å²) in [6.07, 6.45) is 0.395. The van der Waals surface area contributed by atoms with Crippen molar-refractivity contribution in [2.75, 3.05) is 17.6 Å². The molecule has 0 aliphatic carbocycles. The van der Waals surface area contributed by atoms with E-state index in [1.54, 1.807) is 24.3 Å². The second-order valence-electron chi connectivity index (χ2n) is 4.93. The molecule has 2 aromatic carbocycles. The molecule has 0 saturated carbocycles. The summed E-state index contributed by atoms with van der Waals surface area (Å²) >= 11 is 5.81. The summed E-state index contributed by atoms with van der Waals surface area (Å²) in [5.74, 6) is -0.517. The van der Waals surface area contributed by atoms with Crippen molar-refractivity contribution in [2.24, 2.45) is 0 Å². The number of carbonyl (C=O) groups is 1. The number of hydrogen-bond acceptors (Lipinski definition) is 3. The SMILES string of the molecule is O=C(CNS(=O)(=O)CCc1ccccc1)Nc1cccc(Cl)c1. The van der Waals surface area contributed by atoms with Crippen LogP contribution in [0.1, 0.15) is 5.56 Å². The molecule has 0 saturated heterocycles. The third-order valence-corrected chi connectivity index (χ3v) is 4.62. The van der Waals surface area contributed by atoms with Crippen molar-refractivity contribution in [2.45, 2.75) is 6.42 Å². The van der Waals surface area contributed by atoms with Gasteiger partial charge in [0.2, 0.25) is 15.9 Å². The van der Waals surface area contributed by atoms with Crippen LogP contribution in [0.3, 0.4) is 0 Å². The maximum absolute atomic E-state index is 11.9. The molecule has 0 fully saturated rings. The first-order valence-electron chi connectivity index (χ1n) is 7.01. The van der Waals surface area contributed by atoms with Crippen LogP contribution in [0.2, 0.25) is 5.02 Å². The predicted molar refractivity (Wildman–Crippen MR) is 92.0 cm³/mol. The third kappa shape index (κ3) is 6.40. The van der Waals surface area contributed by atoms with Gasteiger partial charge in [0.1, 0.15) is 0 Å². The van der Waals surface area contributed by atoms with Gasteiger partial charge in [-0.25, -0.2) is 13.1 Å². The Kier molecular flexibility index (Phi) is 6.15. The topological polar surface area (TPSA) is 75.3 Å². The second kappa shape index (κ2) is 8.10. The van der Waals surface area contributed by atoms with E-state index in [0.29, 0.717) is 17.1 Å². The molecule has 0 bridgehead atoms. The quantitative estimate of drug-likeness (QED) is 0.803. The smallest absolute Gasteiger partial charge is 0.239 e. The van der Waals surface area contributed by atoms with E-state index >= 15 is 0 Å². The molecule has 0 aromatic heterocycles. The Morgan fingerprint density at radius 3 is 2.48 bits per heavy atom. The van der Waals surface area contributed by atoms with Gasteiger partial charge in [-0.05, 0) is 30.2 Å². The number of rotatable bonds is 7. The van der Waals surface area contributed by atoms with E-state index < -0.39 is 15.9 Å². The number of hydrogen-bond donors (Lipinski definition) is 2. The molecule has 0 spiro atoms. The number of sulfonamides is 1. The molecule has 23 heavy (non-hydrogen) atoms. The first kappa shape index (κ1) is 17.5. The molecule has 1 amide bonds. The van der Waals surface area contributed by atoms with Crippen LogP contribution in [-0.4, -0.2) is 26.6 Å². The minimum atomic E-state index is -3.51. The fourth-order valence-corrected chi connectivity index (χ4v) is 3.11. The van der Waals surface area contributed by atoms with Crippen molar-refractivity contribution in [3.05, 3.63) is 65.2 Å². The summed E-state index contributed by atoms with van der Waals surface area (Å²) in [6, 6.07) is 15.9. The lowest BCUT2D eigenvalue weighted by atomic mass is 10.2. The summed E-state index contributed by atoms with van der Waals surface area (Å²) in [5.41, 5.74) is 1.45. The third-order valence-electron chi connectivity index (χ3n) is 3.06. The van der Waals surface area contributed by atoms with Crippen LogP contribution >= 0.6 is 11.6 Å². The van der Waals surface area contributed by atoms with Crippen LogP contribution in [0.25, 0.3) is 0 Å². The summed E-state index contributed by atoms with van der Waals surface area (Å²) in [6.45, 7) is -0.316. The van der Waals surface area contributed by atoms with Gasteiger partial charge in [0.25, 0.3) is 0 Å². The van der Waals surface area contributed by atoms with E-state index in [9.17, 15) is 13.2 Å². The fraction of sp³-hybridized carbons (Fsp3) is 0.188. The first-order chi connectivity index (χ1) is 10.9. The highest BCUT2D eigenvalue weighted by Gasteiger charge is 2.12. The van der Waals surface area contributed by atoms with Crippen molar-refractivity contribution < 1.29 is 13.2 Å². The van der Waals surface area contributed by atoms with Gasteiger partial charge < -0.3 is 5.32 Å². The Morgan fingerprint density at radius 1 is 1.04 bits per heavy atom. The van der Waals surface area contributed by atoms with Crippen molar-refractivity contribution in [1.29, 1.82) is 0 Å². The van der Waals surface area contributed by atoms with Crippen LogP contribution in [0, 0.1) is 0 Å². The van der Waals surface area contributed by atoms with Gasteiger partial charge >= 0.3 is 0 Å². The van der Waals surface area contributed by atoms with Crippen molar-refractivity contribution >= 4 is 33.2 Å². The highest BCUT2D eigenvalue weighted by atomic mass is 35.5. The van der Waals surface area contributed by atoms with Crippen LogP contribution in [0.5, 0.6) is 0 Å². The van der Waals surface area contributed by atoms with E-state index in [-0.39, 0.29) is 12.3 Å². The highest BCUT2D eigenvalue weighted by molar-refractivity contribution is 7.89. The van der Waals surface area contributed by atoms with Gasteiger partial charge in [-0.15, -0.1) is 0 Å². The van der Waals surface area contributed by atoms with E-state index in [1.807, 2.05) is 30.3 Å². The Hall–Kier alpha value is -1.89. The van der Waals surface area contributed by atoms with Crippen molar-refractivity contribution in [3.8, 4) is 0 Å². The van der Waals surface area contributed by atoms with Gasteiger partial charge in [-0.3, -0.25) is 4.79 Å². The molecule has 2 N–H and O–H groups in total. The predicted octanol–water partition coefficient (Wildman–Crippen LogP) is 2.44. The molecule has 0 radical (unpaired) electrons. The molecular formula is C16H17ClN2O3S. The lowest BCUT2D eigenvalue weighted by Gasteiger charge is -2.08. The number of nitrogens with one attached hydrogen (secondary N) is 2. The number of anilines is 1.